The van der Waals surface area contributed by atoms with E-state index < -0.39 is 0 Å². The molecule has 1 unspecified atom stereocenters. The number of methoxy groups -OCH3 is 2. The van der Waals surface area contributed by atoms with Crippen molar-refractivity contribution in [2.45, 2.75) is 25.4 Å². The predicted molar refractivity (Wildman–Crippen MR) is 122 cm³/mol. The topological polar surface area (TPSA) is 132 Å². The Morgan fingerprint density at radius 1 is 1.29 bits per heavy atom. The third-order valence-electron chi connectivity index (χ3n) is 4.75. The van der Waals surface area contributed by atoms with E-state index in [9.17, 15) is 4.79 Å². The Hall–Kier alpha value is -2.56. The minimum Gasteiger partial charge on any atom is -0.493 e. The van der Waals surface area contributed by atoms with Gasteiger partial charge in [-0.3, -0.25) is 4.79 Å². The van der Waals surface area contributed by atoms with Gasteiger partial charge >= 0.3 is 0 Å². The van der Waals surface area contributed by atoms with Crippen molar-refractivity contribution in [3.63, 3.8) is 0 Å². The summed E-state index contributed by atoms with van der Waals surface area (Å²) in [5.41, 5.74) is 6.81. The maximum Gasteiger partial charge on any atom is 0.249 e. The summed E-state index contributed by atoms with van der Waals surface area (Å²) >= 11 is 0. The van der Waals surface area contributed by atoms with Crippen LogP contribution in [0.2, 0.25) is 0 Å². The first-order valence-electron chi connectivity index (χ1n) is 9.78. The molecule has 1 atom stereocenters. The number of aliphatic hydroxyl groups is 1. The number of fused-ring (bicyclic) bond motifs is 1. The highest BCUT2D eigenvalue weighted by atomic mass is 35.5. The number of aromatic nitrogens is 2. The van der Waals surface area contributed by atoms with Crippen LogP contribution < -0.4 is 25.4 Å². The SMILES string of the molecule is CO.COc1cc2nc(N(C)CCCNC(=O)C3CCCO3)nc(N)c2cc1OC.Cl. The molecule has 1 aliphatic rings. The van der Waals surface area contributed by atoms with Crippen LogP contribution >= 0.6 is 12.4 Å². The summed E-state index contributed by atoms with van der Waals surface area (Å²) in [6.07, 6.45) is 2.19. The molecule has 4 N–H and O–H groups in total. The Morgan fingerprint density at radius 3 is 2.58 bits per heavy atom. The monoisotopic (exact) mass is 457 g/mol. The first-order valence-corrected chi connectivity index (χ1v) is 9.78. The molecule has 2 aromatic rings. The number of nitrogen functional groups attached to an aromatic ring is 1. The third kappa shape index (κ3) is 6.71. The number of nitrogens with two attached hydrogens (primary N) is 1. The number of ether oxygens (including phenoxy) is 3. The van der Waals surface area contributed by atoms with E-state index >= 15 is 0 Å². The van der Waals surface area contributed by atoms with E-state index in [-0.39, 0.29) is 24.4 Å². The number of hydrogen-bond acceptors (Lipinski definition) is 9. The number of rotatable bonds is 8. The van der Waals surface area contributed by atoms with Crippen molar-refractivity contribution < 1.29 is 24.1 Å². The van der Waals surface area contributed by atoms with E-state index in [0.717, 1.165) is 26.4 Å². The molecule has 3 rings (SSSR count). The van der Waals surface area contributed by atoms with E-state index in [1.807, 2.05) is 11.9 Å². The average Bonchev–Trinajstić information content (AvgIpc) is 3.32. The number of halogens is 1. The zero-order chi connectivity index (χ0) is 22.1. The van der Waals surface area contributed by atoms with Gasteiger partial charge in [-0.2, -0.15) is 4.98 Å². The number of nitrogens with one attached hydrogen (secondary N) is 1. The van der Waals surface area contributed by atoms with Crippen molar-refractivity contribution >= 4 is 41.0 Å². The normalized spacial score (nSPS) is 14.8. The summed E-state index contributed by atoms with van der Waals surface area (Å²) < 4.78 is 16.0. The molecule has 0 radical (unpaired) electrons. The van der Waals surface area contributed by atoms with Crippen LogP contribution in [0.15, 0.2) is 12.1 Å². The summed E-state index contributed by atoms with van der Waals surface area (Å²) in [4.78, 5) is 22.8. The molecule has 1 aliphatic heterocycles. The second-order valence-electron chi connectivity index (χ2n) is 6.70. The Kier molecular flexibility index (Phi) is 11.1. The molecule has 1 fully saturated rings. The van der Waals surface area contributed by atoms with Gasteiger partial charge in [-0.1, -0.05) is 0 Å². The molecule has 1 saturated heterocycles. The van der Waals surface area contributed by atoms with Crippen LogP contribution in [0.4, 0.5) is 11.8 Å². The molecule has 0 saturated carbocycles. The molecule has 1 aromatic carbocycles. The summed E-state index contributed by atoms with van der Waals surface area (Å²) in [5.74, 6) is 2.02. The maximum absolute atomic E-state index is 12.0. The minimum absolute atomic E-state index is 0. The van der Waals surface area contributed by atoms with Crippen LogP contribution in [-0.2, 0) is 9.53 Å². The Labute approximate surface area is 188 Å². The molecule has 0 bridgehead atoms. The number of benzene rings is 1. The predicted octanol–water partition coefficient (Wildman–Crippen LogP) is 1.38. The van der Waals surface area contributed by atoms with Gasteiger partial charge in [0.2, 0.25) is 11.9 Å². The molecular weight excluding hydrogens is 426 g/mol. The number of carbonyl (C=O) groups is 1. The van der Waals surface area contributed by atoms with E-state index in [4.69, 9.17) is 25.1 Å². The third-order valence-corrected chi connectivity index (χ3v) is 4.75. The molecule has 10 nitrogen and oxygen atoms in total. The molecule has 1 amide bonds. The fourth-order valence-corrected chi connectivity index (χ4v) is 3.16. The van der Waals surface area contributed by atoms with E-state index in [2.05, 4.69) is 15.3 Å². The van der Waals surface area contributed by atoms with Crippen LogP contribution in [0.25, 0.3) is 10.9 Å². The van der Waals surface area contributed by atoms with Gasteiger partial charge in [0, 0.05) is 45.3 Å². The quantitative estimate of drug-likeness (QED) is 0.503. The lowest BCUT2D eigenvalue weighted by Gasteiger charge is -2.19. The maximum atomic E-state index is 12.0. The van der Waals surface area contributed by atoms with E-state index in [1.165, 1.54) is 0 Å². The molecule has 11 heteroatoms. The standard InChI is InChI=1S/C19H27N5O4.CH4O.ClH/c1-24(8-5-7-21-18(25)14-6-4-9-28-14)19-22-13-11-16(27-3)15(26-2)10-12(13)17(20)23-19;1-2;/h10-11,14H,4-9H2,1-3H3,(H,21,25)(H2,20,22,23);2H,1H3;1H. The number of anilines is 2. The van der Waals surface area contributed by atoms with Gasteiger partial charge in [-0.25, -0.2) is 4.98 Å². The zero-order valence-corrected chi connectivity index (χ0v) is 19.2. The highest BCUT2D eigenvalue weighted by Crippen LogP contribution is 2.33. The number of amides is 1. The summed E-state index contributed by atoms with van der Waals surface area (Å²) in [5, 5.41) is 10.6. The molecule has 31 heavy (non-hydrogen) atoms. The summed E-state index contributed by atoms with van der Waals surface area (Å²) in [7, 11) is 6.04. The fourth-order valence-electron chi connectivity index (χ4n) is 3.16. The van der Waals surface area contributed by atoms with Crippen LogP contribution in [0.1, 0.15) is 19.3 Å². The van der Waals surface area contributed by atoms with Crippen molar-refractivity contribution in [1.82, 2.24) is 15.3 Å². The molecular formula is C20H32ClN5O5. The molecule has 2 heterocycles. The van der Waals surface area contributed by atoms with E-state index in [1.54, 1.807) is 26.4 Å². The highest BCUT2D eigenvalue weighted by Gasteiger charge is 2.22. The van der Waals surface area contributed by atoms with Gasteiger partial charge in [0.25, 0.3) is 0 Å². The smallest absolute Gasteiger partial charge is 0.249 e. The number of hydrogen-bond donors (Lipinski definition) is 3. The van der Waals surface area contributed by atoms with Gasteiger partial charge in [0.1, 0.15) is 11.9 Å². The van der Waals surface area contributed by atoms with Crippen molar-refractivity contribution in [3.05, 3.63) is 12.1 Å². The lowest BCUT2D eigenvalue weighted by molar-refractivity contribution is -0.130. The summed E-state index contributed by atoms with van der Waals surface area (Å²) in [6, 6.07) is 3.55. The molecule has 1 aromatic heterocycles. The van der Waals surface area contributed by atoms with Crippen molar-refractivity contribution in [1.29, 1.82) is 0 Å². The minimum atomic E-state index is -0.298. The molecule has 0 aliphatic carbocycles. The lowest BCUT2D eigenvalue weighted by Crippen LogP contribution is -2.36. The zero-order valence-electron chi connectivity index (χ0n) is 18.4. The van der Waals surface area contributed by atoms with Crippen molar-refractivity contribution in [3.8, 4) is 11.5 Å². The largest absolute Gasteiger partial charge is 0.493 e. The van der Waals surface area contributed by atoms with Crippen molar-refractivity contribution in [2.24, 2.45) is 0 Å². The molecule has 0 spiro atoms. The highest BCUT2D eigenvalue weighted by molar-refractivity contribution is 5.91. The Morgan fingerprint density at radius 2 is 1.97 bits per heavy atom. The van der Waals surface area contributed by atoms with Gasteiger partial charge in [0.05, 0.1) is 19.7 Å². The average molecular weight is 458 g/mol. The van der Waals surface area contributed by atoms with Gasteiger partial charge in [0.15, 0.2) is 11.5 Å². The van der Waals surface area contributed by atoms with Crippen LogP contribution in [-0.4, -0.2) is 75.2 Å². The van der Waals surface area contributed by atoms with Crippen LogP contribution in [0, 0.1) is 0 Å². The Bertz CT molecular complexity index is 848. The Balaban J connectivity index is 0.00000156. The first kappa shape index (κ1) is 26.5. The van der Waals surface area contributed by atoms with E-state index in [0.29, 0.717) is 53.9 Å². The van der Waals surface area contributed by atoms with Crippen LogP contribution in [0.3, 0.4) is 0 Å². The lowest BCUT2D eigenvalue weighted by atomic mass is 10.2. The van der Waals surface area contributed by atoms with Crippen molar-refractivity contribution in [2.75, 3.05) is 58.7 Å². The fraction of sp³-hybridized carbons (Fsp3) is 0.550. The van der Waals surface area contributed by atoms with Crippen LogP contribution in [0.5, 0.6) is 11.5 Å². The van der Waals surface area contributed by atoms with Gasteiger partial charge < -0.3 is 35.3 Å². The number of aliphatic hydroxyl groups excluding tert-OH is 1. The van der Waals surface area contributed by atoms with Gasteiger partial charge in [-0.15, -0.1) is 12.4 Å². The number of nitrogens with zero attached hydrogens (tertiary/aromatic N) is 3. The second kappa shape index (κ2) is 13.0. The number of carbonyl (C=O) groups excluding carboxylic acids is 1. The summed E-state index contributed by atoms with van der Waals surface area (Å²) in [6.45, 7) is 1.90. The molecule has 174 valence electrons. The van der Waals surface area contributed by atoms with Gasteiger partial charge in [-0.05, 0) is 25.3 Å². The second-order valence-corrected chi connectivity index (χ2v) is 6.70. The first-order chi connectivity index (χ1) is 14.5.